The van der Waals surface area contributed by atoms with Crippen molar-refractivity contribution in [3.8, 4) is 0 Å². The molecular formula is C13H24N4S2. The van der Waals surface area contributed by atoms with Gasteiger partial charge in [-0.15, -0.1) is 0 Å². The maximum absolute atomic E-state index is 4.49. The van der Waals surface area contributed by atoms with Gasteiger partial charge in [0.15, 0.2) is 5.16 Å². The molecule has 6 heteroatoms. The third kappa shape index (κ3) is 5.91. The highest BCUT2D eigenvalue weighted by atomic mass is 32.2. The van der Waals surface area contributed by atoms with Gasteiger partial charge in [-0.05, 0) is 32.8 Å². The summed E-state index contributed by atoms with van der Waals surface area (Å²) in [5.41, 5.74) is 0. The summed E-state index contributed by atoms with van der Waals surface area (Å²) in [6.45, 7) is 8.39. The van der Waals surface area contributed by atoms with Gasteiger partial charge in [0.25, 0.3) is 0 Å². The van der Waals surface area contributed by atoms with E-state index in [0.717, 1.165) is 36.3 Å². The van der Waals surface area contributed by atoms with Crippen molar-refractivity contribution >= 4 is 35.2 Å². The molecular weight excluding hydrogens is 276 g/mol. The smallest absolute Gasteiger partial charge is 0.191 e. The molecule has 0 unspecified atom stereocenters. The second kappa shape index (κ2) is 7.85. The Bertz CT molecular complexity index is 396. The molecule has 0 amide bonds. The van der Waals surface area contributed by atoms with Crippen LogP contribution in [0.1, 0.15) is 27.2 Å². The highest BCUT2D eigenvalue weighted by Gasteiger charge is 2.16. The minimum absolute atomic E-state index is 0.196. The lowest BCUT2D eigenvalue weighted by Crippen LogP contribution is -2.26. The molecule has 0 aliphatic heterocycles. The molecule has 0 spiro atoms. The average Bonchev–Trinajstić information content (AvgIpc) is 2.42. The van der Waals surface area contributed by atoms with Gasteiger partial charge < -0.3 is 10.6 Å². The second-order valence-electron chi connectivity index (χ2n) is 4.87. The first-order valence-electron chi connectivity index (χ1n) is 6.46. The Kier molecular flexibility index (Phi) is 6.79. The number of nitrogens with zero attached hydrogens (tertiary/aromatic N) is 2. The Morgan fingerprint density at radius 1 is 1.16 bits per heavy atom. The SMILES string of the molecule is CCCNc1cc(NCC(C)(C)SC)nc(SC)n1. The van der Waals surface area contributed by atoms with Gasteiger partial charge in [-0.3, -0.25) is 0 Å². The zero-order chi connectivity index (χ0) is 14.3. The summed E-state index contributed by atoms with van der Waals surface area (Å²) in [4.78, 5) is 8.94. The van der Waals surface area contributed by atoms with Crippen molar-refractivity contribution in [1.82, 2.24) is 9.97 Å². The van der Waals surface area contributed by atoms with Crippen LogP contribution in [0, 0.1) is 0 Å². The molecule has 0 aliphatic carbocycles. The van der Waals surface area contributed by atoms with Crippen molar-refractivity contribution in [2.75, 3.05) is 36.2 Å². The van der Waals surface area contributed by atoms with Crippen molar-refractivity contribution in [2.45, 2.75) is 37.1 Å². The van der Waals surface area contributed by atoms with Crippen molar-refractivity contribution in [3.63, 3.8) is 0 Å². The van der Waals surface area contributed by atoms with E-state index in [-0.39, 0.29) is 4.75 Å². The fraction of sp³-hybridized carbons (Fsp3) is 0.692. The van der Waals surface area contributed by atoms with Gasteiger partial charge in [-0.25, -0.2) is 9.97 Å². The van der Waals surface area contributed by atoms with Crippen LogP contribution in [0.3, 0.4) is 0 Å². The molecule has 19 heavy (non-hydrogen) atoms. The third-order valence-corrected chi connectivity index (χ3v) is 4.49. The van der Waals surface area contributed by atoms with E-state index in [1.165, 1.54) is 0 Å². The molecule has 1 rings (SSSR count). The third-order valence-electron chi connectivity index (χ3n) is 2.69. The summed E-state index contributed by atoms with van der Waals surface area (Å²) in [6, 6.07) is 1.98. The minimum atomic E-state index is 0.196. The molecule has 4 nitrogen and oxygen atoms in total. The molecule has 0 saturated heterocycles. The summed E-state index contributed by atoms with van der Waals surface area (Å²) in [5, 5.41) is 7.51. The van der Waals surface area contributed by atoms with Gasteiger partial charge >= 0.3 is 0 Å². The number of nitrogens with one attached hydrogen (secondary N) is 2. The average molecular weight is 300 g/mol. The highest BCUT2D eigenvalue weighted by Crippen LogP contribution is 2.23. The summed E-state index contributed by atoms with van der Waals surface area (Å²) in [6.07, 6.45) is 5.21. The molecule has 1 heterocycles. The largest absolute Gasteiger partial charge is 0.370 e. The monoisotopic (exact) mass is 300 g/mol. The lowest BCUT2D eigenvalue weighted by Gasteiger charge is -2.22. The summed E-state index contributed by atoms with van der Waals surface area (Å²) >= 11 is 3.41. The molecule has 0 aliphatic rings. The topological polar surface area (TPSA) is 49.8 Å². The van der Waals surface area contributed by atoms with E-state index in [9.17, 15) is 0 Å². The maximum Gasteiger partial charge on any atom is 0.191 e. The van der Waals surface area contributed by atoms with E-state index >= 15 is 0 Å². The van der Waals surface area contributed by atoms with E-state index in [1.807, 2.05) is 24.1 Å². The maximum atomic E-state index is 4.49. The van der Waals surface area contributed by atoms with E-state index < -0.39 is 0 Å². The molecule has 0 radical (unpaired) electrons. The number of hydrogen-bond acceptors (Lipinski definition) is 6. The Balaban J connectivity index is 2.76. The van der Waals surface area contributed by atoms with Crippen LogP contribution in [0.5, 0.6) is 0 Å². The van der Waals surface area contributed by atoms with Gasteiger partial charge in [-0.1, -0.05) is 18.7 Å². The molecule has 0 atom stereocenters. The van der Waals surface area contributed by atoms with Crippen molar-refractivity contribution in [1.29, 1.82) is 0 Å². The molecule has 1 aromatic rings. The fourth-order valence-electron chi connectivity index (χ4n) is 1.33. The Hall–Kier alpha value is -0.620. The Morgan fingerprint density at radius 2 is 1.79 bits per heavy atom. The lowest BCUT2D eigenvalue weighted by molar-refractivity contribution is 0.747. The van der Waals surface area contributed by atoms with Crippen LogP contribution >= 0.6 is 23.5 Å². The van der Waals surface area contributed by atoms with Crippen LogP contribution in [-0.4, -0.2) is 40.3 Å². The lowest BCUT2D eigenvalue weighted by atomic mass is 10.2. The molecule has 108 valence electrons. The molecule has 0 saturated carbocycles. The van der Waals surface area contributed by atoms with Gasteiger partial charge in [-0.2, -0.15) is 11.8 Å². The van der Waals surface area contributed by atoms with Crippen molar-refractivity contribution < 1.29 is 0 Å². The standard InChI is InChI=1S/C13H24N4S2/c1-6-7-14-10-8-11(17-12(16-10)18-4)15-9-13(2,3)19-5/h8H,6-7,9H2,1-5H3,(H2,14,15,16,17). The van der Waals surface area contributed by atoms with Crippen LogP contribution in [0.2, 0.25) is 0 Å². The van der Waals surface area contributed by atoms with E-state index in [1.54, 1.807) is 11.8 Å². The van der Waals surface area contributed by atoms with E-state index in [2.05, 4.69) is 47.6 Å². The Labute approximate surface area is 125 Å². The normalized spacial score (nSPS) is 11.4. The number of rotatable bonds is 8. The highest BCUT2D eigenvalue weighted by molar-refractivity contribution is 8.00. The first-order chi connectivity index (χ1) is 9.00. The molecule has 0 bridgehead atoms. The molecule has 0 aromatic carbocycles. The predicted molar refractivity (Wildman–Crippen MR) is 88.7 cm³/mol. The number of aromatic nitrogens is 2. The first kappa shape index (κ1) is 16.4. The van der Waals surface area contributed by atoms with Gasteiger partial charge in [0.1, 0.15) is 11.6 Å². The van der Waals surface area contributed by atoms with Crippen LogP contribution in [0.15, 0.2) is 11.2 Å². The van der Waals surface area contributed by atoms with Gasteiger partial charge in [0.05, 0.1) is 0 Å². The second-order valence-corrected chi connectivity index (χ2v) is 7.16. The van der Waals surface area contributed by atoms with Crippen molar-refractivity contribution in [3.05, 3.63) is 6.07 Å². The Morgan fingerprint density at radius 3 is 2.32 bits per heavy atom. The fourth-order valence-corrected chi connectivity index (χ4v) is 1.92. The van der Waals surface area contributed by atoms with Crippen LogP contribution in [0.4, 0.5) is 11.6 Å². The van der Waals surface area contributed by atoms with Crippen LogP contribution < -0.4 is 10.6 Å². The zero-order valence-corrected chi connectivity index (χ0v) is 14.0. The molecule has 0 fully saturated rings. The van der Waals surface area contributed by atoms with Crippen LogP contribution in [0.25, 0.3) is 0 Å². The molecule has 2 N–H and O–H groups in total. The summed E-state index contributed by atoms with van der Waals surface area (Å²) < 4.78 is 0.196. The number of thioether (sulfide) groups is 2. The van der Waals surface area contributed by atoms with E-state index in [0.29, 0.717) is 0 Å². The summed E-state index contributed by atoms with van der Waals surface area (Å²) in [5.74, 6) is 1.78. The van der Waals surface area contributed by atoms with Crippen molar-refractivity contribution in [2.24, 2.45) is 0 Å². The quantitative estimate of drug-likeness (QED) is 0.565. The van der Waals surface area contributed by atoms with E-state index in [4.69, 9.17) is 0 Å². The van der Waals surface area contributed by atoms with Crippen LogP contribution in [-0.2, 0) is 0 Å². The predicted octanol–water partition coefficient (Wildman–Crippen LogP) is 3.57. The summed E-state index contributed by atoms with van der Waals surface area (Å²) in [7, 11) is 0. The first-order valence-corrected chi connectivity index (χ1v) is 8.91. The number of anilines is 2. The molecule has 1 aromatic heterocycles. The minimum Gasteiger partial charge on any atom is -0.370 e. The van der Waals surface area contributed by atoms with Gasteiger partial charge in [0.2, 0.25) is 0 Å². The number of hydrogen-bond donors (Lipinski definition) is 2. The van der Waals surface area contributed by atoms with Gasteiger partial charge in [0, 0.05) is 23.9 Å². The zero-order valence-electron chi connectivity index (χ0n) is 12.4.